The van der Waals surface area contributed by atoms with Crippen LogP contribution in [-0.4, -0.2) is 43.7 Å². The molecule has 29 heavy (non-hydrogen) atoms. The van der Waals surface area contributed by atoms with Gasteiger partial charge in [-0.2, -0.15) is 4.98 Å². The van der Waals surface area contributed by atoms with Gasteiger partial charge in [0.2, 0.25) is 11.7 Å². The van der Waals surface area contributed by atoms with E-state index in [1.807, 2.05) is 45.6 Å². The van der Waals surface area contributed by atoms with Crippen LogP contribution in [-0.2, 0) is 12.0 Å². The lowest BCUT2D eigenvalue weighted by Gasteiger charge is -2.45. The van der Waals surface area contributed by atoms with Crippen LogP contribution in [0.15, 0.2) is 35.1 Å². The summed E-state index contributed by atoms with van der Waals surface area (Å²) in [6.07, 6.45) is 4.54. The molecular formula is C21H24N6O2. The standard InChI is InChI=1S/C21H24N6O2/c1-4-16-23-19(24-29-16)17-18-21(2,3)27(20(28)25-11-7-8-12-25)15-10-6-5-9-14(15)26(18)13-22-17/h5-6,9-10,13H,4,7-8,11-12H2,1-3H3. The highest BCUT2D eigenvalue weighted by atomic mass is 16.5. The maximum absolute atomic E-state index is 13.6. The van der Waals surface area contributed by atoms with E-state index in [9.17, 15) is 4.79 Å². The van der Waals surface area contributed by atoms with Crippen LogP contribution in [0.2, 0.25) is 0 Å². The molecule has 2 amide bonds. The number of aromatic nitrogens is 4. The van der Waals surface area contributed by atoms with Crippen LogP contribution >= 0.6 is 0 Å². The second-order valence-electron chi connectivity index (χ2n) is 8.04. The molecule has 1 aromatic carbocycles. The topological polar surface area (TPSA) is 80.3 Å². The second-order valence-corrected chi connectivity index (χ2v) is 8.04. The highest BCUT2D eigenvalue weighted by Gasteiger charge is 2.45. The number of hydrogen-bond donors (Lipinski definition) is 0. The predicted octanol–water partition coefficient (Wildman–Crippen LogP) is 3.76. The van der Waals surface area contributed by atoms with Gasteiger partial charge in [0, 0.05) is 19.5 Å². The number of urea groups is 1. The number of hydrogen-bond acceptors (Lipinski definition) is 5. The van der Waals surface area contributed by atoms with Crippen molar-refractivity contribution in [2.24, 2.45) is 0 Å². The Labute approximate surface area is 169 Å². The van der Waals surface area contributed by atoms with Gasteiger partial charge in [-0.25, -0.2) is 9.78 Å². The van der Waals surface area contributed by atoms with E-state index in [0.717, 1.165) is 43.0 Å². The molecule has 2 aliphatic rings. The molecule has 0 unspecified atom stereocenters. The first-order chi connectivity index (χ1) is 14.0. The van der Waals surface area contributed by atoms with Gasteiger partial charge in [0.15, 0.2) is 0 Å². The van der Waals surface area contributed by atoms with Gasteiger partial charge in [0.05, 0.1) is 22.6 Å². The first-order valence-corrected chi connectivity index (χ1v) is 10.1. The van der Waals surface area contributed by atoms with Crippen LogP contribution in [0.1, 0.15) is 45.2 Å². The van der Waals surface area contributed by atoms with Crippen molar-refractivity contribution in [3.8, 4) is 17.2 Å². The molecule has 1 fully saturated rings. The molecule has 0 radical (unpaired) electrons. The fourth-order valence-corrected chi connectivity index (χ4v) is 4.43. The molecule has 1 saturated heterocycles. The molecule has 2 aromatic heterocycles. The van der Waals surface area contributed by atoms with Crippen LogP contribution in [0.3, 0.4) is 0 Å². The Morgan fingerprint density at radius 3 is 2.59 bits per heavy atom. The lowest BCUT2D eigenvalue weighted by atomic mass is 9.91. The fourth-order valence-electron chi connectivity index (χ4n) is 4.43. The summed E-state index contributed by atoms with van der Waals surface area (Å²) in [6, 6.07) is 7.98. The third-order valence-electron chi connectivity index (χ3n) is 5.84. The van der Waals surface area contributed by atoms with Gasteiger partial charge in [-0.3, -0.25) is 9.47 Å². The monoisotopic (exact) mass is 392 g/mol. The zero-order chi connectivity index (χ0) is 20.2. The lowest BCUT2D eigenvalue weighted by Crippen LogP contribution is -2.54. The summed E-state index contributed by atoms with van der Waals surface area (Å²) >= 11 is 0. The third kappa shape index (κ3) is 2.58. The number of carbonyl (C=O) groups excluding carboxylic acids is 1. The molecular weight excluding hydrogens is 368 g/mol. The number of carbonyl (C=O) groups is 1. The summed E-state index contributed by atoms with van der Waals surface area (Å²) in [5.74, 6) is 1.03. The number of amides is 2. The van der Waals surface area contributed by atoms with Crippen molar-refractivity contribution in [2.45, 2.75) is 45.6 Å². The van der Waals surface area contributed by atoms with Gasteiger partial charge >= 0.3 is 6.03 Å². The van der Waals surface area contributed by atoms with Gasteiger partial charge in [0.1, 0.15) is 12.0 Å². The number of para-hydroxylation sites is 2. The Hall–Kier alpha value is -3.16. The van der Waals surface area contributed by atoms with Crippen molar-refractivity contribution in [1.82, 2.24) is 24.6 Å². The Morgan fingerprint density at radius 2 is 1.90 bits per heavy atom. The average Bonchev–Trinajstić information content (AvgIpc) is 3.47. The van der Waals surface area contributed by atoms with Crippen LogP contribution in [0.5, 0.6) is 0 Å². The van der Waals surface area contributed by atoms with Gasteiger partial charge in [0.25, 0.3) is 0 Å². The number of aryl methyl sites for hydroxylation is 1. The molecule has 0 bridgehead atoms. The largest absolute Gasteiger partial charge is 0.339 e. The molecule has 5 rings (SSSR count). The normalized spacial score (nSPS) is 17.3. The van der Waals surface area contributed by atoms with Crippen molar-refractivity contribution in [2.75, 3.05) is 18.0 Å². The first-order valence-electron chi connectivity index (χ1n) is 10.1. The SMILES string of the molecule is CCc1nc(-c2ncn3c2C(C)(C)N(C(=O)N2CCCC2)c2ccccc2-3)no1. The smallest absolute Gasteiger partial charge is 0.325 e. The number of benzene rings is 1. The molecule has 8 nitrogen and oxygen atoms in total. The van der Waals surface area contributed by atoms with Crippen LogP contribution in [0, 0.1) is 0 Å². The third-order valence-corrected chi connectivity index (χ3v) is 5.84. The molecule has 0 N–H and O–H groups in total. The van der Waals surface area contributed by atoms with Crippen molar-refractivity contribution < 1.29 is 9.32 Å². The predicted molar refractivity (Wildman–Crippen MR) is 108 cm³/mol. The van der Waals surface area contributed by atoms with Crippen molar-refractivity contribution in [1.29, 1.82) is 0 Å². The van der Waals surface area contributed by atoms with E-state index in [4.69, 9.17) is 4.52 Å². The Bertz CT molecular complexity index is 1080. The van der Waals surface area contributed by atoms with E-state index < -0.39 is 5.54 Å². The number of anilines is 1. The van der Waals surface area contributed by atoms with Crippen LogP contribution in [0.4, 0.5) is 10.5 Å². The van der Waals surface area contributed by atoms with E-state index >= 15 is 0 Å². The molecule has 2 aliphatic heterocycles. The second kappa shape index (κ2) is 6.43. The minimum atomic E-state index is -0.646. The molecule has 150 valence electrons. The van der Waals surface area contributed by atoms with Gasteiger partial charge < -0.3 is 9.42 Å². The zero-order valence-corrected chi connectivity index (χ0v) is 16.9. The number of likely N-dealkylation sites (tertiary alicyclic amines) is 1. The summed E-state index contributed by atoms with van der Waals surface area (Å²) in [5, 5.41) is 4.13. The summed E-state index contributed by atoms with van der Waals surface area (Å²) < 4.78 is 7.36. The summed E-state index contributed by atoms with van der Waals surface area (Å²) in [6.45, 7) is 7.66. The molecule has 0 saturated carbocycles. The molecule has 8 heteroatoms. The Balaban J connectivity index is 1.70. The van der Waals surface area contributed by atoms with Crippen molar-refractivity contribution >= 4 is 11.7 Å². The van der Waals surface area contributed by atoms with Crippen molar-refractivity contribution in [3.05, 3.63) is 42.2 Å². The number of nitrogens with zero attached hydrogens (tertiary/aromatic N) is 6. The van der Waals surface area contributed by atoms with E-state index in [1.165, 1.54) is 0 Å². The summed E-state index contributed by atoms with van der Waals surface area (Å²) in [5.41, 5.74) is 2.69. The fraction of sp³-hybridized carbons (Fsp3) is 0.429. The molecule has 0 atom stereocenters. The maximum Gasteiger partial charge on any atom is 0.325 e. The van der Waals surface area contributed by atoms with E-state index in [-0.39, 0.29) is 6.03 Å². The van der Waals surface area contributed by atoms with E-state index in [1.54, 1.807) is 6.33 Å². The number of rotatable bonds is 2. The molecule has 0 aliphatic carbocycles. The quantitative estimate of drug-likeness (QED) is 0.663. The molecule has 3 aromatic rings. The highest BCUT2D eigenvalue weighted by molar-refractivity contribution is 5.97. The Kier molecular flexibility index (Phi) is 3.97. The van der Waals surface area contributed by atoms with Gasteiger partial charge in [-0.15, -0.1) is 0 Å². The Morgan fingerprint density at radius 1 is 1.17 bits per heavy atom. The van der Waals surface area contributed by atoms with E-state index in [0.29, 0.717) is 23.8 Å². The first kappa shape index (κ1) is 17.9. The summed E-state index contributed by atoms with van der Waals surface area (Å²) in [7, 11) is 0. The van der Waals surface area contributed by atoms with Crippen LogP contribution < -0.4 is 4.90 Å². The zero-order valence-electron chi connectivity index (χ0n) is 16.9. The van der Waals surface area contributed by atoms with E-state index in [2.05, 4.69) is 29.0 Å². The summed E-state index contributed by atoms with van der Waals surface area (Å²) in [4.78, 5) is 26.5. The van der Waals surface area contributed by atoms with Crippen molar-refractivity contribution in [3.63, 3.8) is 0 Å². The average molecular weight is 392 g/mol. The maximum atomic E-state index is 13.6. The number of imidazole rings is 1. The van der Waals surface area contributed by atoms with Gasteiger partial charge in [-0.05, 0) is 38.8 Å². The van der Waals surface area contributed by atoms with Crippen LogP contribution in [0.25, 0.3) is 17.2 Å². The highest BCUT2D eigenvalue weighted by Crippen LogP contribution is 2.45. The minimum absolute atomic E-state index is 0.0284. The lowest BCUT2D eigenvalue weighted by molar-refractivity contribution is 0.207. The minimum Gasteiger partial charge on any atom is -0.339 e. The molecule has 0 spiro atoms. The number of fused-ring (bicyclic) bond motifs is 3. The molecule has 4 heterocycles. The van der Waals surface area contributed by atoms with Gasteiger partial charge in [-0.1, -0.05) is 24.2 Å².